The van der Waals surface area contributed by atoms with Crippen molar-refractivity contribution in [2.75, 3.05) is 12.0 Å². The average molecular weight is 668 g/mol. The highest BCUT2D eigenvalue weighted by Gasteiger charge is 2.70. The Morgan fingerprint density at radius 3 is 2.46 bits per heavy atom. The minimum atomic E-state index is -1.50. The van der Waals surface area contributed by atoms with Gasteiger partial charge in [-0.15, -0.1) is 0 Å². The number of nitrogens with zero attached hydrogens (tertiary/aromatic N) is 2. The van der Waals surface area contributed by atoms with Crippen LogP contribution in [0.4, 0.5) is 10.1 Å². The largest absolute Gasteiger partial charge is 0.508 e. The van der Waals surface area contributed by atoms with Gasteiger partial charge in [0, 0.05) is 29.5 Å². The Kier molecular flexibility index (Phi) is 6.99. The van der Waals surface area contributed by atoms with E-state index in [-0.39, 0.29) is 30.5 Å². The second-order valence-corrected chi connectivity index (χ2v) is 13.5. The summed E-state index contributed by atoms with van der Waals surface area (Å²) < 4.78 is 19.9. The molecule has 48 heavy (non-hydrogen) atoms. The van der Waals surface area contributed by atoms with Gasteiger partial charge < -0.3 is 9.84 Å². The fourth-order valence-electron chi connectivity index (χ4n) is 8.85. The number of aromatic hydroxyl groups is 1. The van der Waals surface area contributed by atoms with Gasteiger partial charge in [-0.2, -0.15) is 5.01 Å². The van der Waals surface area contributed by atoms with Crippen LogP contribution in [0.3, 0.4) is 0 Å². The summed E-state index contributed by atoms with van der Waals surface area (Å²) in [6.07, 6.45) is 4.37. The van der Waals surface area contributed by atoms with Crippen LogP contribution in [0.15, 0.2) is 90.2 Å². The third-order valence-electron chi connectivity index (χ3n) is 10.8. The number of allylic oxidation sites excluding steroid dienone is 3. The highest BCUT2D eigenvalue weighted by Crippen LogP contribution is 2.63. The molecule has 0 aromatic heterocycles. The highest BCUT2D eigenvalue weighted by atomic mass is 35.5. The molecule has 3 heterocycles. The lowest BCUT2D eigenvalue weighted by atomic mass is 9.48. The number of nitrogens with one attached hydrogen (secondary N) is 1. The van der Waals surface area contributed by atoms with E-state index in [1.54, 1.807) is 49.6 Å². The molecule has 6 atom stereocenters. The monoisotopic (exact) mass is 667 g/mol. The highest BCUT2D eigenvalue weighted by molar-refractivity contribution is 6.30. The lowest BCUT2D eigenvalue weighted by Crippen LogP contribution is -2.55. The molecule has 244 valence electrons. The van der Waals surface area contributed by atoms with Crippen LogP contribution in [-0.2, 0) is 31.0 Å². The maximum absolute atomic E-state index is 15.2. The van der Waals surface area contributed by atoms with E-state index >= 15 is 4.79 Å². The third kappa shape index (κ3) is 4.28. The molecular formula is C37H31ClFN3O6. The normalized spacial score (nSPS) is 29.0. The number of phenolic OH excluding ortho intramolecular Hbond substituents is 1. The predicted molar refractivity (Wildman–Crippen MR) is 173 cm³/mol. The Balaban J connectivity index is 1.34. The number of amides is 4. The van der Waals surface area contributed by atoms with Crippen LogP contribution in [0.2, 0.25) is 5.02 Å². The average Bonchev–Trinajstić information content (AvgIpc) is 3.46. The predicted octanol–water partition coefficient (Wildman–Crippen LogP) is 5.54. The Labute approximate surface area is 280 Å². The van der Waals surface area contributed by atoms with Crippen molar-refractivity contribution < 1.29 is 33.4 Å². The number of halogens is 2. The van der Waals surface area contributed by atoms with Gasteiger partial charge in [-0.3, -0.25) is 29.5 Å². The van der Waals surface area contributed by atoms with E-state index in [0.29, 0.717) is 46.0 Å². The minimum Gasteiger partial charge on any atom is -0.508 e. The van der Waals surface area contributed by atoms with Gasteiger partial charge in [0.15, 0.2) is 0 Å². The molecule has 8 rings (SSSR count). The number of benzene rings is 3. The molecule has 3 fully saturated rings. The molecule has 2 saturated heterocycles. The van der Waals surface area contributed by atoms with Crippen molar-refractivity contribution in [2.24, 2.45) is 29.6 Å². The second kappa shape index (κ2) is 11.1. The van der Waals surface area contributed by atoms with E-state index < -0.39 is 52.6 Å². The van der Waals surface area contributed by atoms with Gasteiger partial charge >= 0.3 is 0 Å². The minimum absolute atomic E-state index is 0.0571. The van der Waals surface area contributed by atoms with Crippen LogP contribution in [-0.4, -0.2) is 45.2 Å². The van der Waals surface area contributed by atoms with Crippen molar-refractivity contribution in [3.05, 3.63) is 112 Å². The summed E-state index contributed by atoms with van der Waals surface area (Å²) >= 11 is 6.34. The Morgan fingerprint density at radius 1 is 0.979 bits per heavy atom. The number of carbonyl (C=O) groups is 4. The molecule has 4 amide bonds. The fraction of sp³-hybridized carbons (Fsp3) is 0.297. The molecule has 3 aromatic carbocycles. The molecule has 0 bridgehead atoms. The maximum Gasteiger partial charge on any atom is 0.260 e. The third-order valence-corrected chi connectivity index (χ3v) is 11.1. The zero-order valence-corrected chi connectivity index (χ0v) is 26.6. The lowest BCUT2D eigenvalue weighted by molar-refractivity contribution is -0.141. The van der Waals surface area contributed by atoms with Crippen molar-refractivity contribution in [3.8, 4) is 11.5 Å². The summed E-state index contributed by atoms with van der Waals surface area (Å²) in [5.41, 5.74) is 4.56. The standard InChI is InChI=1S/C37H31ClFN3O6/c1-2-41-33(44)27-13-12-26-28(31(27)35(41)46)17-29-34(45)42(40-24-9-7-23(39)8-10-24)36(47)37(29,21-3-5-22(38)6-4-21)32(26)20-15-19-16-25(43)11-14-30(19)48-18-20/h3-12,14,16,18,27-29,31-32,40,43H,2,13,15,17H2,1H3/t27-,28+,29-,31-,32-,37+/m0/s1. The number of ether oxygens (including phenoxy) is 1. The van der Waals surface area contributed by atoms with Crippen molar-refractivity contribution in [1.29, 1.82) is 0 Å². The van der Waals surface area contributed by atoms with Crippen LogP contribution in [0.1, 0.15) is 30.9 Å². The van der Waals surface area contributed by atoms with Crippen molar-refractivity contribution in [1.82, 2.24) is 9.91 Å². The molecule has 0 spiro atoms. The quantitative estimate of drug-likeness (QED) is 0.271. The zero-order chi connectivity index (χ0) is 33.5. The molecule has 11 heteroatoms. The van der Waals surface area contributed by atoms with Crippen LogP contribution in [0.5, 0.6) is 11.5 Å². The molecule has 9 nitrogen and oxygen atoms in total. The molecule has 0 unspecified atom stereocenters. The molecular weight excluding hydrogens is 637 g/mol. The van der Waals surface area contributed by atoms with E-state index in [1.807, 2.05) is 6.08 Å². The van der Waals surface area contributed by atoms with Gasteiger partial charge in [0.25, 0.3) is 11.8 Å². The lowest BCUT2D eigenvalue weighted by Gasteiger charge is -2.51. The number of phenols is 1. The number of rotatable bonds is 5. The Bertz CT molecular complexity index is 1960. The first-order chi connectivity index (χ1) is 23.1. The van der Waals surface area contributed by atoms with E-state index in [0.717, 1.165) is 10.6 Å². The van der Waals surface area contributed by atoms with E-state index in [4.69, 9.17) is 16.3 Å². The molecule has 3 aromatic rings. The van der Waals surface area contributed by atoms with Crippen molar-refractivity contribution in [3.63, 3.8) is 0 Å². The fourth-order valence-corrected chi connectivity index (χ4v) is 8.97. The van der Waals surface area contributed by atoms with Crippen LogP contribution >= 0.6 is 11.6 Å². The van der Waals surface area contributed by atoms with Crippen LogP contribution < -0.4 is 10.2 Å². The molecule has 5 aliphatic rings. The summed E-state index contributed by atoms with van der Waals surface area (Å²) in [6, 6.07) is 17.1. The smallest absolute Gasteiger partial charge is 0.260 e. The molecule has 0 radical (unpaired) electrons. The first kappa shape index (κ1) is 30.4. The number of imide groups is 2. The van der Waals surface area contributed by atoms with Gasteiger partial charge in [0.2, 0.25) is 11.8 Å². The maximum atomic E-state index is 15.2. The summed E-state index contributed by atoms with van der Waals surface area (Å²) in [7, 11) is 0. The summed E-state index contributed by atoms with van der Waals surface area (Å²) in [4.78, 5) is 58.4. The number of carbonyl (C=O) groups excluding carboxylic acids is 4. The van der Waals surface area contributed by atoms with Crippen LogP contribution in [0, 0.1) is 35.4 Å². The topological polar surface area (TPSA) is 116 Å². The SMILES string of the molecule is CCN1C(=O)[C@H]2[C@H](CC=C3[C@H](C4=COc5ccc(O)cc5C4)[C@]4(c5ccc(Cl)cc5)C(=O)N(Nc5ccc(F)cc5)C(=O)[C@@H]4C[C@H]32)C1=O. The zero-order valence-electron chi connectivity index (χ0n) is 25.9. The summed E-state index contributed by atoms with van der Waals surface area (Å²) in [6.45, 7) is 2.02. The first-order valence-corrected chi connectivity index (χ1v) is 16.4. The number of anilines is 1. The van der Waals surface area contributed by atoms with Gasteiger partial charge in [-0.1, -0.05) is 35.4 Å². The number of hydrogen-bond donors (Lipinski definition) is 2. The molecule has 2 aliphatic carbocycles. The van der Waals surface area contributed by atoms with E-state index in [2.05, 4.69) is 5.43 Å². The molecule has 2 N–H and O–H groups in total. The number of likely N-dealkylation sites (tertiary alicyclic amines) is 1. The summed E-state index contributed by atoms with van der Waals surface area (Å²) in [5, 5.41) is 11.8. The van der Waals surface area contributed by atoms with E-state index in [1.165, 1.54) is 35.2 Å². The molecule has 3 aliphatic heterocycles. The van der Waals surface area contributed by atoms with Gasteiger partial charge in [0.05, 0.1) is 35.1 Å². The Hall–Kier alpha value is -4.96. The number of hydrogen-bond acceptors (Lipinski definition) is 7. The van der Waals surface area contributed by atoms with Gasteiger partial charge in [0.1, 0.15) is 17.3 Å². The summed E-state index contributed by atoms with van der Waals surface area (Å²) in [5.74, 6) is -4.77. The molecule has 1 saturated carbocycles. The first-order valence-electron chi connectivity index (χ1n) is 16.0. The second-order valence-electron chi connectivity index (χ2n) is 13.1. The Morgan fingerprint density at radius 2 is 1.73 bits per heavy atom. The van der Waals surface area contributed by atoms with Gasteiger partial charge in [-0.25, -0.2) is 4.39 Å². The van der Waals surface area contributed by atoms with Crippen molar-refractivity contribution in [2.45, 2.75) is 31.6 Å². The van der Waals surface area contributed by atoms with Crippen LogP contribution in [0.25, 0.3) is 0 Å². The number of hydrazine groups is 1. The van der Waals surface area contributed by atoms with E-state index in [9.17, 15) is 23.9 Å². The van der Waals surface area contributed by atoms with Gasteiger partial charge in [-0.05, 0) is 91.4 Å². The van der Waals surface area contributed by atoms with Crippen molar-refractivity contribution >= 4 is 40.9 Å². The number of fused-ring (bicyclic) bond motifs is 5.